The Morgan fingerprint density at radius 2 is 1.91 bits per heavy atom. The molecule has 1 aromatic carbocycles. The third-order valence-corrected chi connectivity index (χ3v) is 6.63. The van der Waals surface area contributed by atoms with Crippen LogP contribution in [-0.2, 0) is 17.4 Å². The normalized spacial score (nSPS) is 23.5. The second-order valence-electron chi connectivity index (χ2n) is 8.91. The molecule has 1 saturated carbocycles. The maximum atomic E-state index is 14.4. The van der Waals surface area contributed by atoms with E-state index in [-0.39, 0.29) is 24.5 Å². The van der Waals surface area contributed by atoms with Gasteiger partial charge in [0.25, 0.3) is 0 Å². The van der Waals surface area contributed by atoms with Crippen LogP contribution in [0.1, 0.15) is 54.8 Å². The van der Waals surface area contributed by atoms with Crippen LogP contribution in [0.5, 0.6) is 5.88 Å². The smallest absolute Gasteiger partial charge is 0.419 e. The molecule has 2 atom stereocenters. The molecule has 2 aromatic rings. The van der Waals surface area contributed by atoms with E-state index in [9.17, 15) is 22.4 Å². The highest BCUT2D eigenvalue weighted by atomic mass is 19.4. The van der Waals surface area contributed by atoms with Gasteiger partial charge in [-0.2, -0.15) is 13.2 Å². The molecule has 0 N–H and O–H groups in total. The number of rotatable bonds is 5. The molecule has 1 amide bonds. The van der Waals surface area contributed by atoms with Crippen molar-refractivity contribution in [3.05, 3.63) is 53.2 Å². The molecule has 0 bridgehead atoms. The van der Waals surface area contributed by atoms with E-state index in [0.717, 1.165) is 43.9 Å². The van der Waals surface area contributed by atoms with Gasteiger partial charge in [-0.1, -0.05) is 12.1 Å². The first-order valence-electron chi connectivity index (χ1n) is 11.2. The second kappa shape index (κ2) is 8.55. The first kappa shape index (κ1) is 22.1. The van der Waals surface area contributed by atoms with Crippen LogP contribution in [0.15, 0.2) is 30.6 Å². The summed E-state index contributed by atoms with van der Waals surface area (Å²) in [6, 6.07) is 3.28. The zero-order valence-electron chi connectivity index (χ0n) is 17.9. The predicted molar refractivity (Wildman–Crippen MR) is 110 cm³/mol. The number of amides is 1. The van der Waals surface area contributed by atoms with Gasteiger partial charge in [-0.15, -0.1) is 0 Å². The first-order valence-corrected chi connectivity index (χ1v) is 11.2. The molecule has 1 aromatic heterocycles. The summed E-state index contributed by atoms with van der Waals surface area (Å²) in [6.07, 6.45) is 2.58. The molecular formula is C23H24F4N4O2. The van der Waals surface area contributed by atoms with Gasteiger partial charge in [-0.05, 0) is 43.7 Å². The van der Waals surface area contributed by atoms with E-state index < -0.39 is 29.9 Å². The summed E-state index contributed by atoms with van der Waals surface area (Å²) in [4.78, 5) is 25.2. The van der Waals surface area contributed by atoms with Gasteiger partial charge in [0, 0.05) is 18.5 Å². The fourth-order valence-corrected chi connectivity index (χ4v) is 4.65. The standard InChI is InChI=1S/C23H24F4N4O2/c24-22-15(2-1-3-17(22)23(25,26)27)10-20(32)30-9-8-16-6-7-21(31(16)13-30)33-19-12-28-18(11-29-19)14-4-5-14/h1-3,11-12,14,16,21H,4-10,13H2/t16-,21-/m0/s1. The van der Waals surface area contributed by atoms with Crippen LogP contribution in [0, 0.1) is 5.82 Å². The molecule has 3 heterocycles. The summed E-state index contributed by atoms with van der Waals surface area (Å²) in [5.74, 6) is -0.861. The molecule has 2 aliphatic heterocycles. The summed E-state index contributed by atoms with van der Waals surface area (Å²) in [5.41, 5.74) is -0.631. The van der Waals surface area contributed by atoms with Gasteiger partial charge in [0.15, 0.2) is 6.23 Å². The third kappa shape index (κ3) is 4.66. The van der Waals surface area contributed by atoms with E-state index in [4.69, 9.17) is 4.74 Å². The topological polar surface area (TPSA) is 58.6 Å². The second-order valence-corrected chi connectivity index (χ2v) is 8.91. The van der Waals surface area contributed by atoms with Gasteiger partial charge < -0.3 is 9.64 Å². The summed E-state index contributed by atoms with van der Waals surface area (Å²) >= 11 is 0. The van der Waals surface area contributed by atoms with Gasteiger partial charge in [0.05, 0.1) is 36.7 Å². The lowest BCUT2D eigenvalue weighted by atomic mass is 10.0. The molecule has 3 aliphatic rings. The van der Waals surface area contributed by atoms with E-state index in [2.05, 4.69) is 14.9 Å². The molecular weight excluding hydrogens is 440 g/mol. The van der Waals surface area contributed by atoms with Crippen molar-refractivity contribution in [2.75, 3.05) is 13.2 Å². The number of benzene rings is 1. The van der Waals surface area contributed by atoms with Crippen LogP contribution >= 0.6 is 0 Å². The van der Waals surface area contributed by atoms with Crippen molar-refractivity contribution in [3.63, 3.8) is 0 Å². The van der Waals surface area contributed by atoms with Gasteiger partial charge in [-0.25, -0.2) is 14.3 Å². The Balaban J connectivity index is 1.23. The van der Waals surface area contributed by atoms with Gasteiger partial charge in [-0.3, -0.25) is 9.78 Å². The van der Waals surface area contributed by atoms with E-state index in [1.165, 1.54) is 6.07 Å². The molecule has 176 valence electrons. The molecule has 10 heteroatoms. The lowest BCUT2D eigenvalue weighted by Gasteiger charge is -2.40. The Labute approximate surface area is 188 Å². The van der Waals surface area contributed by atoms with E-state index >= 15 is 0 Å². The molecule has 3 fully saturated rings. The molecule has 6 nitrogen and oxygen atoms in total. The van der Waals surface area contributed by atoms with Crippen molar-refractivity contribution in [1.82, 2.24) is 19.8 Å². The van der Waals surface area contributed by atoms with Crippen LogP contribution in [0.4, 0.5) is 17.6 Å². The van der Waals surface area contributed by atoms with E-state index in [1.807, 2.05) is 0 Å². The molecule has 33 heavy (non-hydrogen) atoms. The molecule has 0 unspecified atom stereocenters. The van der Waals surface area contributed by atoms with Crippen LogP contribution in [0.2, 0.25) is 0 Å². The monoisotopic (exact) mass is 464 g/mol. The Morgan fingerprint density at radius 1 is 1.09 bits per heavy atom. The highest BCUT2D eigenvalue weighted by Crippen LogP contribution is 2.39. The zero-order valence-corrected chi connectivity index (χ0v) is 17.9. The number of alkyl halides is 3. The van der Waals surface area contributed by atoms with Crippen LogP contribution in [0.3, 0.4) is 0 Å². The molecule has 5 rings (SSSR count). The number of carbonyl (C=O) groups is 1. The van der Waals surface area contributed by atoms with Crippen molar-refractivity contribution >= 4 is 5.91 Å². The number of hydrogen-bond acceptors (Lipinski definition) is 5. The molecule has 0 spiro atoms. The third-order valence-electron chi connectivity index (χ3n) is 6.63. The minimum absolute atomic E-state index is 0.253. The summed E-state index contributed by atoms with van der Waals surface area (Å²) in [5, 5.41) is 0. The fourth-order valence-electron chi connectivity index (χ4n) is 4.65. The quantitative estimate of drug-likeness (QED) is 0.624. The Bertz CT molecular complexity index is 1030. The van der Waals surface area contributed by atoms with Crippen LogP contribution < -0.4 is 4.74 Å². The number of hydrogen-bond donors (Lipinski definition) is 0. The number of carbonyl (C=O) groups excluding carboxylic acids is 1. The summed E-state index contributed by atoms with van der Waals surface area (Å²) < 4.78 is 59.4. The van der Waals surface area contributed by atoms with Crippen molar-refractivity contribution < 1.29 is 27.1 Å². The maximum Gasteiger partial charge on any atom is 0.419 e. The minimum Gasteiger partial charge on any atom is -0.457 e. The predicted octanol–water partition coefficient (Wildman–Crippen LogP) is 4.11. The van der Waals surface area contributed by atoms with Gasteiger partial charge in [0.2, 0.25) is 11.8 Å². The van der Waals surface area contributed by atoms with E-state index in [0.29, 0.717) is 24.4 Å². The number of nitrogens with zero attached hydrogens (tertiary/aromatic N) is 4. The zero-order chi connectivity index (χ0) is 23.2. The Morgan fingerprint density at radius 3 is 2.61 bits per heavy atom. The average Bonchev–Trinajstić information content (AvgIpc) is 3.56. The highest BCUT2D eigenvalue weighted by Gasteiger charge is 2.40. The lowest BCUT2D eigenvalue weighted by Crippen LogP contribution is -2.53. The van der Waals surface area contributed by atoms with Crippen LogP contribution in [0.25, 0.3) is 0 Å². The fraction of sp³-hybridized carbons (Fsp3) is 0.522. The van der Waals surface area contributed by atoms with Gasteiger partial charge >= 0.3 is 6.18 Å². The summed E-state index contributed by atoms with van der Waals surface area (Å²) in [6.45, 7) is 0.755. The lowest BCUT2D eigenvalue weighted by molar-refractivity contribution is -0.141. The molecule has 1 aliphatic carbocycles. The summed E-state index contributed by atoms with van der Waals surface area (Å²) in [7, 11) is 0. The Kier molecular flexibility index (Phi) is 5.72. The van der Waals surface area contributed by atoms with Crippen molar-refractivity contribution in [3.8, 4) is 5.88 Å². The van der Waals surface area contributed by atoms with Crippen molar-refractivity contribution in [2.45, 2.75) is 62.9 Å². The Hall–Kier alpha value is -2.75. The first-order chi connectivity index (χ1) is 15.8. The SMILES string of the molecule is O=C(Cc1cccc(C(F)(F)F)c1F)N1CC[C@@H]2CC[C@H](Oc3cnc(C4CC4)cn3)N2C1. The largest absolute Gasteiger partial charge is 0.457 e. The maximum absolute atomic E-state index is 14.4. The van der Waals surface area contributed by atoms with E-state index in [1.54, 1.807) is 17.3 Å². The van der Waals surface area contributed by atoms with Crippen molar-refractivity contribution in [2.24, 2.45) is 0 Å². The average molecular weight is 464 g/mol. The number of aromatic nitrogens is 2. The van der Waals surface area contributed by atoms with Crippen LogP contribution in [-0.4, -0.2) is 51.2 Å². The number of fused-ring (bicyclic) bond motifs is 1. The minimum atomic E-state index is -4.80. The number of halogens is 4. The van der Waals surface area contributed by atoms with Gasteiger partial charge in [0.1, 0.15) is 5.82 Å². The number of ether oxygens (including phenoxy) is 1. The molecule has 2 saturated heterocycles. The highest BCUT2D eigenvalue weighted by molar-refractivity contribution is 5.79. The van der Waals surface area contributed by atoms with Crippen molar-refractivity contribution in [1.29, 1.82) is 0 Å². The molecule has 0 radical (unpaired) electrons.